The SMILES string of the molecule is CCC(C)C(Nc1ccc2ccccc2c1)C(=O)O. The van der Waals surface area contributed by atoms with Crippen molar-refractivity contribution in [3.05, 3.63) is 42.5 Å². The normalized spacial score (nSPS) is 14.0. The van der Waals surface area contributed by atoms with Crippen LogP contribution in [0.2, 0.25) is 0 Å². The molecule has 2 rings (SSSR count). The average molecular weight is 257 g/mol. The Morgan fingerprint density at radius 1 is 1.21 bits per heavy atom. The number of aliphatic carboxylic acids is 1. The molecular weight excluding hydrogens is 238 g/mol. The van der Waals surface area contributed by atoms with Gasteiger partial charge in [-0.05, 0) is 28.8 Å². The van der Waals surface area contributed by atoms with Crippen LogP contribution in [0.1, 0.15) is 20.3 Å². The van der Waals surface area contributed by atoms with E-state index in [9.17, 15) is 9.90 Å². The highest BCUT2D eigenvalue weighted by Crippen LogP contribution is 2.21. The number of rotatable bonds is 5. The van der Waals surface area contributed by atoms with Gasteiger partial charge in [0.25, 0.3) is 0 Å². The Balaban J connectivity index is 2.26. The van der Waals surface area contributed by atoms with Gasteiger partial charge in [0, 0.05) is 5.69 Å². The highest BCUT2D eigenvalue weighted by atomic mass is 16.4. The minimum atomic E-state index is -0.803. The molecule has 0 saturated carbocycles. The maximum Gasteiger partial charge on any atom is 0.326 e. The van der Waals surface area contributed by atoms with Crippen molar-refractivity contribution in [3.8, 4) is 0 Å². The summed E-state index contributed by atoms with van der Waals surface area (Å²) in [6.45, 7) is 3.95. The largest absolute Gasteiger partial charge is 0.480 e. The Morgan fingerprint density at radius 3 is 2.53 bits per heavy atom. The number of carboxylic acids is 1. The Bertz CT molecular complexity index is 580. The number of fused-ring (bicyclic) bond motifs is 1. The fourth-order valence-electron chi connectivity index (χ4n) is 2.14. The van der Waals surface area contributed by atoms with Gasteiger partial charge < -0.3 is 10.4 Å². The first-order chi connectivity index (χ1) is 9.11. The second-order valence-corrected chi connectivity index (χ2v) is 4.91. The van der Waals surface area contributed by atoms with Crippen molar-refractivity contribution < 1.29 is 9.90 Å². The van der Waals surface area contributed by atoms with Gasteiger partial charge in [-0.15, -0.1) is 0 Å². The van der Waals surface area contributed by atoms with Crippen LogP contribution in [-0.4, -0.2) is 17.1 Å². The van der Waals surface area contributed by atoms with Gasteiger partial charge in [0.2, 0.25) is 0 Å². The standard InChI is InChI=1S/C16H19NO2/c1-3-11(2)15(16(18)19)17-14-9-8-12-6-4-5-7-13(12)10-14/h4-11,15,17H,3H2,1-2H3,(H,18,19). The summed E-state index contributed by atoms with van der Waals surface area (Å²) >= 11 is 0. The molecule has 2 aromatic carbocycles. The molecule has 19 heavy (non-hydrogen) atoms. The molecule has 0 bridgehead atoms. The number of hydrogen-bond donors (Lipinski definition) is 2. The molecule has 0 saturated heterocycles. The molecule has 3 nitrogen and oxygen atoms in total. The molecule has 0 aliphatic carbocycles. The lowest BCUT2D eigenvalue weighted by molar-refractivity contribution is -0.139. The molecule has 0 amide bonds. The smallest absolute Gasteiger partial charge is 0.326 e. The van der Waals surface area contributed by atoms with Crippen LogP contribution in [0.5, 0.6) is 0 Å². The van der Waals surface area contributed by atoms with E-state index in [2.05, 4.69) is 5.32 Å². The van der Waals surface area contributed by atoms with Crippen LogP contribution in [0.15, 0.2) is 42.5 Å². The maximum absolute atomic E-state index is 11.3. The first kappa shape index (κ1) is 13.4. The summed E-state index contributed by atoms with van der Waals surface area (Å²) in [6, 6.07) is 13.4. The number of carbonyl (C=O) groups is 1. The monoisotopic (exact) mass is 257 g/mol. The molecule has 3 heteroatoms. The minimum Gasteiger partial charge on any atom is -0.480 e. The van der Waals surface area contributed by atoms with Crippen LogP contribution in [0, 0.1) is 5.92 Å². The van der Waals surface area contributed by atoms with Gasteiger partial charge in [0.15, 0.2) is 0 Å². The van der Waals surface area contributed by atoms with Crippen molar-refractivity contribution in [2.45, 2.75) is 26.3 Å². The lowest BCUT2D eigenvalue weighted by atomic mass is 9.99. The van der Waals surface area contributed by atoms with Gasteiger partial charge in [-0.1, -0.05) is 50.6 Å². The molecule has 0 aromatic heterocycles. The third-order valence-electron chi connectivity index (χ3n) is 3.55. The summed E-state index contributed by atoms with van der Waals surface area (Å²) in [7, 11) is 0. The fourth-order valence-corrected chi connectivity index (χ4v) is 2.14. The van der Waals surface area contributed by atoms with Gasteiger partial charge in [0.05, 0.1) is 0 Å². The molecule has 0 heterocycles. The summed E-state index contributed by atoms with van der Waals surface area (Å²) < 4.78 is 0. The Hall–Kier alpha value is -2.03. The minimum absolute atomic E-state index is 0.0870. The van der Waals surface area contributed by atoms with Crippen molar-refractivity contribution in [2.75, 3.05) is 5.32 Å². The molecule has 0 aliphatic heterocycles. The van der Waals surface area contributed by atoms with Gasteiger partial charge in [-0.25, -0.2) is 4.79 Å². The van der Waals surface area contributed by atoms with E-state index in [1.807, 2.05) is 56.3 Å². The predicted molar refractivity (Wildman–Crippen MR) is 78.4 cm³/mol. The number of nitrogens with one attached hydrogen (secondary N) is 1. The first-order valence-electron chi connectivity index (χ1n) is 6.60. The van der Waals surface area contributed by atoms with Gasteiger partial charge in [-0.2, -0.15) is 0 Å². The predicted octanol–water partition coefficient (Wildman–Crippen LogP) is 3.75. The molecule has 2 aromatic rings. The topological polar surface area (TPSA) is 49.3 Å². The van der Waals surface area contributed by atoms with E-state index < -0.39 is 12.0 Å². The molecule has 0 aliphatic rings. The van der Waals surface area contributed by atoms with E-state index in [1.54, 1.807) is 0 Å². The molecule has 0 fully saturated rings. The Morgan fingerprint density at radius 2 is 1.89 bits per heavy atom. The lowest BCUT2D eigenvalue weighted by Gasteiger charge is -2.21. The summed E-state index contributed by atoms with van der Waals surface area (Å²) in [4.78, 5) is 11.3. The summed E-state index contributed by atoms with van der Waals surface area (Å²) in [5, 5.41) is 14.7. The number of benzene rings is 2. The van der Waals surface area contributed by atoms with E-state index in [-0.39, 0.29) is 5.92 Å². The zero-order valence-corrected chi connectivity index (χ0v) is 11.3. The Labute approximate surface area is 113 Å². The van der Waals surface area contributed by atoms with Gasteiger partial charge >= 0.3 is 5.97 Å². The highest BCUT2D eigenvalue weighted by Gasteiger charge is 2.23. The first-order valence-corrected chi connectivity index (χ1v) is 6.60. The van der Waals surface area contributed by atoms with Crippen molar-refractivity contribution >= 4 is 22.4 Å². The average Bonchev–Trinajstić information content (AvgIpc) is 2.43. The highest BCUT2D eigenvalue weighted by molar-refractivity contribution is 5.86. The summed E-state index contributed by atoms with van der Waals surface area (Å²) in [5.41, 5.74) is 0.853. The Kier molecular flexibility index (Phi) is 4.05. The second kappa shape index (κ2) is 5.74. The summed E-state index contributed by atoms with van der Waals surface area (Å²) in [6.07, 6.45) is 0.831. The molecule has 0 radical (unpaired) electrons. The van der Waals surface area contributed by atoms with Crippen LogP contribution in [0.4, 0.5) is 5.69 Å². The van der Waals surface area contributed by atoms with E-state index >= 15 is 0 Å². The molecule has 100 valence electrons. The maximum atomic E-state index is 11.3. The van der Waals surface area contributed by atoms with E-state index in [0.29, 0.717) is 0 Å². The number of anilines is 1. The van der Waals surface area contributed by atoms with Crippen molar-refractivity contribution in [2.24, 2.45) is 5.92 Å². The van der Waals surface area contributed by atoms with Crippen LogP contribution in [-0.2, 0) is 4.79 Å². The van der Waals surface area contributed by atoms with Crippen molar-refractivity contribution in [3.63, 3.8) is 0 Å². The molecule has 0 spiro atoms. The molecule has 2 atom stereocenters. The van der Waals surface area contributed by atoms with Crippen LogP contribution >= 0.6 is 0 Å². The molecule has 2 unspecified atom stereocenters. The quantitative estimate of drug-likeness (QED) is 0.857. The van der Waals surface area contributed by atoms with Crippen LogP contribution < -0.4 is 5.32 Å². The van der Waals surface area contributed by atoms with Gasteiger partial charge in [-0.3, -0.25) is 0 Å². The fraction of sp³-hybridized carbons (Fsp3) is 0.312. The number of carboxylic acid groups (broad SMARTS) is 1. The lowest BCUT2D eigenvalue weighted by Crippen LogP contribution is -2.35. The zero-order chi connectivity index (χ0) is 13.8. The molecular formula is C16H19NO2. The number of hydrogen-bond acceptors (Lipinski definition) is 2. The van der Waals surface area contributed by atoms with Gasteiger partial charge in [0.1, 0.15) is 6.04 Å². The van der Waals surface area contributed by atoms with Crippen LogP contribution in [0.3, 0.4) is 0 Å². The third kappa shape index (κ3) is 3.05. The van der Waals surface area contributed by atoms with Crippen LogP contribution in [0.25, 0.3) is 10.8 Å². The van der Waals surface area contributed by atoms with E-state index in [4.69, 9.17) is 0 Å². The summed E-state index contributed by atoms with van der Waals surface area (Å²) in [5.74, 6) is -0.716. The van der Waals surface area contributed by atoms with E-state index in [1.165, 1.54) is 0 Å². The third-order valence-corrected chi connectivity index (χ3v) is 3.55. The molecule has 2 N–H and O–H groups in total. The van der Waals surface area contributed by atoms with Crippen molar-refractivity contribution in [1.82, 2.24) is 0 Å². The second-order valence-electron chi connectivity index (χ2n) is 4.91. The zero-order valence-electron chi connectivity index (χ0n) is 11.3. The van der Waals surface area contributed by atoms with Crippen molar-refractivity contribution in [1.29, 1.82) is 0 Å². The van der Waals surface area contributed by atoms with E-state index in [0.717, 1.165) is 22.9 Å².